The summed E-state index contributed by atoms with van der Waals surface area (Å²) in [5, 5.41) is 15.9. The monoisotopic (exact) mass is 347 g/mol. The second kappa shape index (κ2) is 9.30. The molecule has 6 heteroatoms. The minimum absolute atomic E-state index is 0.263. The van der Waals surface area contributed by atoms with E-state index in [9.17, 15) is 4.79 Å². The van der Waals surface area contributed by atoms with Crippen molar-refractivity contribution in [3.63, 3.8) is 0 Å². The molecule has 25 heavy (non-hydrogen) atoms. The van der Waals surface area contributed by atoms with Crippen molar-refractivity contribution in [3.05, 3.63) is 41.6 Å². The van der Waals surface area contributed by atoms with Gasteiger partial charge in [-0.3, -0.25) is 9.89 Å². The molecule has 0 saturated heterocycles. The van der Waals surface area contributed by atoms with Crippen molar-refractivity contribution >= 4 is 5.97 Å². The maximum Gasteiger partial charge on any atom is 0.306 e. The molecule has 0 spiro atoms. The summed E-state index contributed by atoms with van der Waals surface area (Å²) >= 11 is 0. The number of H-pyrrole nitrogens is 1. The van der Waals surface area contributed by atoms with E-state index in [4.69, 9.17) is 9.84 Å². The van der Waals surface area contributed by atoms with Crippen molar-refractivity contribution in [1.82, 2.24) is 15.1 Å². The van der Waals surface area contributed by atoms with E-state index in [0.717, 1.165) is 43.7 Å². The van der Waals surface area contributed by atoms with Crippen LogP contribution in [0, 0.1) is 11.8 Å². The van der Waals surface area contributed by atoms with Crippen LogP contribution in [0.1, 0.15) is 38.8 Å². The second-order valence-corrected chi connectivity index (χ2v) is 6.99. The highest BCUT2D eigenvalue weighted by Crippen LogP contribution is 2.19. The van der Waals surface area contributed by atoms with Gasteiger partial charge in [-0.1, -0.05) is 20.3 Å². The number of aromatic nitrogens is 2. The average Bonchev–Trinajstić information content (AvgIpc) is 3.08. The SMILES string of the molecule is CC(CCCC(C)C(=O)O)COC1=CC=C(Cc2ccn[nH]2)N(C)C1. The number of carboxylic acid groups (broad SMARTS) is 1. The van der Waals surface area contributed by atoms with E-state index in [0.29, 0.717) is 12.5 Å². The average molecular weight is 347 g/mol. The number of hydrogen-bond donors (Lipinski definition) is 2. The molecule has 2 heterocycles. The van der Waals surface area contributed by atoms with Gasteiger partial charge in [0.25, 0.3) is 0 Å². The Labute approximate surface area is 149 Å². The van der Waals surface area contributed by atoms with Crippen LogP contribution in [0.4, 0.5) is 0 Å². The summed E-state index contributed by atoms with van der Waals surface area (Å²) in [6.45, 7) is 5.35. The van der Waals surface area contributed by atoms with Gasteiger partial charge in [-0.15, -0.1) is 0 Å². The van der Waals surface area contributed by atoms with Gasteiger partial charge in [0.15, 0.2) is 0 Å². The summed E-state index contributed by atoms with van der Waals surface area (Å²) in [7, 11) is 2.06. The van der Waals surface area contributed by atoms with Crippen molar-refractivity contribution < 1.29 is 14.6 Å². The van der Waals surface area contributed by atoms with Crippen LogP contribution in [0.5, 0.6) is 0 Å². The first-order valence-electron chi connectivity index (χ1n) is 8.90. The summed E-state index contributed by atoms with van der Waals surface area (Å²) in [4.78, 5) is 13.0. The third kappa shape index (κ3) is 6.29. The van der Waals surface area contributed by atoms with E-state index in [1.165, 1.54) is 5.70 Å². The summed E-state index contributed by atoms with van der Waals surface area (Å²) in [5.74, 6) is 0.419. The molecule has 1 aliphatic rings. The third-order valence-corrected chi connectivity index (χ3v) is 4.58. The lowest BCUT2D eigenvalue weighted by Gasteiger charge is -2.27. The predicted octanol–water partition coefficient (Wildman–Crippen LogP) is 3.21. The zero-order valence-corrected chi connectivity index (χ0v) is 15.4. The Bertz CT molecular complexity index is 607. The fourth-order valence-corrected chi connectivity index (χ4v) is 2.80. The highest BCUT2D eigenvalue weighted by atomic mass is 16.5. The number of aromatic amines is 1. The molecule has 1 aromatic heterocycles. The number of ether oxygens (including phenoxy) is 1. The van der Waals surface area contributed by atoms with Crippen LogP contribution in [-0.2, 0) is 16.0 Å². The van der Waals surface area contributed by atoms with E-state index in [2.05, 4.69) is 35.1 Å². The van der Waals surface area contributed by atoms with Crippen LogP contribution >= 0.6 is 0 Å². The number of nitrogens with one attached hydrogen (secondary N) is 1. The zero-order chi connectivity index (χ0) is 18.2. The quantitative estimate of drug-likeness (QED) is 0.679. The highest BCUT2D eigenvalue weighted by Gasteiger charge is 2.15. The number of hydrogen-bond acceptors (Lipinski definition) is 4. The lowest BCUT2D eigenvalue weighted by molar-refractivity contribution is -0.141. The van der Waals surface area contributed by atoms with Crippen LogP contribution in [0.25, 0.3) is 0 Å². The first-order chi connectivity index (χ1) is 12.0. The lowest BCUT2D eigenvalue weighted by Crippen LogP contribution is -2.26. The Morgan fingerprint density at radius 1 is 1.40 bits per heavy atom. The second-order valence-electron chi connectivity index (χ2n) is 6.99. The van der Waals surface area contributed by atoms with Gasteiger partial charge in [0, 0.05) is 31.1 Å². The lowest BCUT2D eigenvalue weighted by atomic mass is 9.99. The van der Waals surface area contributed by atoms with Gasteiger partial charge < -0.3 is 14.7 Å². The molecule has 0 saturated carbocycles. The van der Waals surface area contributed by atoms with Gasteiger partial charge in [0.05, 0.1) is 19.1 Å². The highest BCUT2D eigenvalue weighted by molar-refractivity contribution is 5.69. The minimum Gasteiger partial charge on any atom is -0.496 e. The number of allylic oxidation sites excluding steroid dienone is 3. The Morgan fingerprint density at radius 2 is 2.20 bits per heavy atom. The molecule has 2 N–H and O–H groups in total. The molecule has 6 nitrogen and oxygen atoms in total. The van der Waals surface area contributed by atoms with E-state index < -0.39 is 5.97 Å². The largest absolute Gasteiger partial charge is 0.496 e. The maximum absolute atomic E-state index is 10.8. The van der Waals surface area contributed by atoms with Crippen LogP contribution in [0.3, 0.4) is 0 Å². The maximum atomic E-state index is 10.8. The smallest absolute Gasteiger partial charge is 0.306 e. The van der Waals surface area contributed by atoms with Crippen molar-refractivity contribution in [2.75, 3.05) is 20.2 Å². The summed E-state index contributed by atoms with van der Waals surface area (Å²) < 4.78 is 5.94. The van der Waals surface area contributed by atoms with Gasteiger partial charge >= 0.3 is 5.97 Å². The fourth-order valence-electron chi connectivity index (χ4n) is 2.80. The molecule has 2 rings (SSSR count). The van der Waals surface area contributed by atoms with E-state index in [-0.39, 0.29) is 5.92 Å². The summed E-state index contributed by atoms with van der Waals surface area (Å²) in [6, 6.07) is 1.98. The fraction of sp³-hybridized carbons (Fsp3) is 0.579. The van der Waals surface area contributed by atoms with Crippen LogP contribution in [0.2, 0.25) is 0 Å². The van der Waals surface area contributed by atoms with Crippen LogP contribution < -0.4 is 0 Å². The topological polar surface area (TPSA) is 78.5 Å². The zero-order valence-electron chi connectivity index (χ0n) is 15.4. The van der Waals surface area contributed by atoms with Gasteiger partial charge in [-0.2, -0.15) is 5.10 Å². The molecule has 1 aromatic rings. The van der Waals surface area contributed by atoms with E-state index >= 15 is 0 Å². The van der Waals surface area contributed by atoms with Gasteiger partial charge in [-0.25, -0.2) is 0 Å². The Kier molecular flexibility index (Phi) is 7.10. The van der Waals surface area contributed by atoms with Crippen LogP contribution in [-0.4, -0.2) is 46.4 Å². The van der Waals surface area contributed by atoms with Gasteiger partial charge in [0.2, 0.25) is 0 Å². The molecule has 2 unspecified atom stereocenters. The molecule has 0 aromatic carbocycles. The molecule has 0 radical (unpaired) electrons. The molecule has 138 valence electrons. The van der Waals surface area contributed by atoms with Crippen molar-refractivity contribution in [2.24, 2.45) is 11.8 Å². The summed E-state index contributed by atoms with van der Waals surface area (Å²) in [5.41, 5.74) is 2.33. The molecule has 0 bridgehead atoms. The van der Waals surface area contributed by atoms with Gasteiger partial charge in [-0.05, 0) is 37.0 Å². The number of rotatable bonds is 10. The van der Waals surface area contributed by atoms with Crippen molar-refractivity contribution in [2.45, 2.75) is 39.5 Å². The number of carbonyl (C=O) groups is 1. The first kappa shape index (κ1) is 19.1. The normalized spacial score (nSPS) is 16.8. The molecule has 0 fully saturated rings. The molecule has 0 aliphatic carbocycles. The Hall–Kier alpha value is -2.24. The van der Waals surface area contributed by atoms with Crippen molar-refractivity contribution in [3.8, 4) is 0 Å². The standard InChI is InChI=1S/C19H29N3O3/c1-14(5-4-6-15(2)19(23)24)13-25-18-8-7-17(22(3)12-18)11-16-9-10-20-21-16/h7-10,14-15H,4-6,11-13H2,1-3H3,(H,20,21)(H,23,24). The first-order valence-corrected chi connectivity index (χ1v) is 8.90. The van der Waals surface area contributed by atoms with Crippen molar-refractivity contribution in [1.29, 1.82) is 0 Å². The number of carboxylic acids is 1. The number of likely N-dealkylation sites (N-methyl/N-ethyl adjacent to an activating group) is 1. The van der Waals surface area contributed by atoms with Gasteiger partial charge in [0.1, 0.15) is 5.76 Å². The molecule has 0 amide bonds. The Morgan fingerprint density at radius 3 is 2.84 bits per heavy atom. The minimum atomic E-state index is -0.711. The van der Waals surface area contributed by atoms with E-state index in [1.54, 1.807) is 13.1 Å². The number of nitrogens with zero attached hydrogens (tertiary/aromatic N) is 2. The molecular formula is C19H29N3O3. The predicted molar refractivity (Wildman–Crippen MR) is 96.9 cm³/mol. The molecule has 2 atom stereocenters. The summed E-state index contributed by atoms with van der Waals surface area (Å²) in [6.07, 6.45) is 9.38. The number of aliphatic carboxylic acids is 1. The molecule has 1 aliphatic heterocycles. The molecular weight excluding hydrogens is 318 g/mol. The Balaban J connectivity index is 1.72. The van der Waals surface area contributed by atoms with E-state index in [1.807, 2.05) is 12.1 Å². The van der Waals surface area contributed by atoms with Crippen LogP contribution in [0.15, 0.2) is 35.9 Å². The third-order valence-electron chi connectivity index (χ3n) is 4.58.